The van der Waals surface area contributed by atoms with Gasteiger partial charge in [-0.3, -0.25) is 9.59 Å². The molecule has 1 aromatic heterocycles. The number of aromatic carboxylic acids is 1. The molecule has 2 N–H and O–H groups in total. The fraction of sp³-hybridized carbons (Fsp3) is 0.200. The number of rotatable bonds is 6. The molecule has 0 unspecified atom stereocenters. The first kappa shape index (κ1) is 22.1. The Bertz CT molecular complexity index is 1360. The Kier molecular flexibility index (Phi) is 5.91. The van der Waals surface area contributed by atoms with Gasteiger partial charge in [0.2, 0.25) is 15.9 Å². The number of anilines is 1. The van der Waals surface area contributed by atoms with Crippen molar-refractivity contribution in [1.29, 1.82) is 0 Å². The van der Waals surface area contributed by atoms with E-state index in [9.17, 15) is 27.9 Å². The second-order valence-corrected chi connectivity index (χ2v) is 9.10. The van der Waals surface area contributed by atoms with Crippen LogP contribution in [0, 0.1) is 6.92 Å². The van der Waals surface area contributed by atoms with E-state index in [0.29, 0.717) is 5.56 Å². The van der Waals surface area contributed by atoms with E-state index in [1.54, 1.807) is 25.1 Å². The number of aryl methyl sites for hydroxylation is 1. The van der Waals surface area contributed by atoms with Gasteiger partial charge in [-0.2, -0.15) is 5.10 Å². The van der Waals surface area contributed by atoms with Gasteiger partial charge in [0.05, 0.1) is 10.3 Å². The molecule has 0 aliphatic carbocycles. The Morgan fingerprint density at radius 1 is 1.13 bits per heavy atom. The van der Waals surface area contributed by atoms with Crippen LogP contribution in [0.4, 0.5) is 5.69 Å². The number of carboxylic acid groups (broad SMARTS) is 1. The van der Waals surface area contributed by atoms with Crippen molar-refractivity contribution in [2.45, 2.75) is 18.4 Å². The molecule has 31 heavy (non-hydrogen) atoms. The zero-order chi connectivity index (χ0) is 22.9. The van der Waals surface area contributed by atoms with Crippen LogP contribution in [0.2, 0.25) is 0 Å². The van der Waals surface area contributed by atoms with Gasteiger partial charge in [0.25, 0.3) is 5.56 Å². The van der Waals surface area contributed by atoms with Crippen molar-refractivity contribution in [3.63, 3.8) is 0 Å². The van der Waals surface area contributed by atoms with Crippen LogP contribution in [0.1, 0.15) is 16.1 Å². The van der Waals surface area contributed by atoms with Gasteiger partial charge in [-0.25, -0.2) is 22.2 Å². The maximum atomic E-state index is 12.6. The number of sulfonamides is 1. The molecule has 3 aromatic rings. The summed E-state index contributed by atoms with van der Waals surface area (Å²) >= 11 is 0. The summed E-state index contributed by atoms with van der Waals surface area (Å²) in [6.45, 7) is 1.08. The number of amides is 1. The van der Waals surface area contributed by atoms with Crippen molar-refractivity contribution in [2.24, 2.45) is 0 Å². The Hall–Kier alpha value is -3.57. The summed E-state index contributed by atoms with van der Waals surface area (Å²) in [6, 6.07) is 10.5. The third-order valence-electron chi connectivity index (χ3n) is 4.59. The largest absolute Gasteiger partial charge is 0.476 e. The smallest absolute Gasteiger partial charge is 0.357 e. The van der Waals surface area contributed by atoms with E-state index in [0.717, 1.165) is 8.99 Å². The van der Waals surface area contributed by atoms with Crippen molar-refractivity contribution in [3.8, 4) is 0 Å². The topological polar surface area (TPSA) is 139 Å². The number of nitrogens with one attached hydrogen (secondary N) is 1. The minimum Gasteiger partial charge on any atom is -0.476 e. The van der Waals surface area contributed by atoms with Crippen LogP contribution in [-0.4, -0.2) is 53.6 Å². The van der Waals surface area contributed by atoms with Crippen molar-refractivity contribution in [3.05, 3.63) is 64.1 Å². The fourth-order valence-corrected chi connectivity index (χ4v) is 4.13. The SMILES string of the molecule is Cc1ccc(NC(=O)Cn2nc(C(=O)O)c3ccccc3c2=O)cc1S(=O)(=O)N(C)C. The average molecular weight is 444 g/mol. The number of hydrogen-bond acceptors (Lipinski definition) is 6. The highest BCUT2D eigenvalue weighted by Gasteiger charge is 2.21. The first-order valence-corrected chi connectivity index (χ1v) is 10.5. The summed E-state index contributed by atoms with van der Waals surface area (Å²) in [7, 11) is -0.920. The lowest BCUT2D eigenvalue weighted by atomic mass is 10.1. The molecule has 0 spiro atoms. The molecule has 0 radical (unpaired) electrons. The monoisotopic (exact) mass is 444 g/mol. The van der Waals surface area contributed by atoms with Crippen LogP contribution in [0.15, 0.2) is 52.2 Å². The second kappa shape index (κ2) is 8.28. The molecular formula is C20H20N4O6S. The highest BCUT2D eigenvalue weighted by Crippen LogP contribution is 2.22. The van der Waals surface area contributed by atoms with Crippen LogP contribution in [0.5, 0.6) is 0 Å². The summed E-state index contributed by atoms with van der Waals surface area (Å²) in [5.41, 5.74) is -0.248. The van der Waals surface area contributed by atoms with Gasteiger partial charge in [0, 0.05) is 25.2 Å². The minimum absolute atomic E-state index is 0.0319. The predicted molar refractivity (Wildman–Crippen MR) is 114 cm³/mol. The van der Waals surface area contributed by atoms with Crippen LogP contribution < -0.4 is 10.9 Å². The van der Waals surface area contributed by atoms with Crippen molar-refractivity contribution in [2.75, 3.05) is 19.4 Å². The molecule has 1 amide bonds. The van der Waals surface area contributed by atoms with E-state index in [4.69, 9.17) is 0 Å². The van der Waals surface area contributed by atoms with E-state index in [1.807, 2.05) is 0 Å². The van der Waals surface area contributed by atoms with Crippen LogP contribution in [0.25, 0.3) is 10.8 Å². The predicted octanol–water partition coefficient (Wildman–Crippen LogP) is 1.29. The zero-order valence-electron chi connectivity index (χ0n) is 17.0. The van der Waals surface area contributed by atoms with Gasteiger partial charge in [-0.05, 0) is 30.7 Å². The van der Waals surface area contributed by atoms with E-state index in [-0.39, 0.29) is 27.0 Å². The van der Waals surface area contributed by atoms with Crippen LogP contribution >= 0.6 is 0 Å². The van der Waals surface area contributed by atoms with Gasteiger partial charge >= 0.3 is 5.97 Å². The standard InChI is InChI=1S/C20H20N4O6S/c1-12-8-9-13(10-16(12)31(29,30)23(2)3)21-17(25)11-24-19(26)15-7-5-4-6-14(15)18(22-24)20(27)28/h4-10H,11H2,1-3H3,(H,21,25)(H,27,28). The molecule has 162 valence electrons. The molecule has 0 atom stereocenters. The number of carboxylic acids is 1. The van der Waals surface area contributed by atoms with E-state index < -0.39 is 34.0 Å². The number of aromatic nitrogens is 2. The lowest BCUT2D eigenvalue weighted by Gasteiger charge is -2.15. The summed E-state index contributed by atoms with van der Waals surface area (Å²) in [5.74, 6) is -2.00. The van der Waals surface area contributed by atoms with Crippen LogP contribution in [0.3, 0.4) is 0 Å². The summed E-state index contributed by atoms with van der Waals surface area (Å²) in [4.78, 5) is 36.7. The normalized spacial score (nSPS) is 11.6. The molecule has 0 saturated carbocycles. The lowest BCUT2D eigenvalue weighted by molar-refractivity contribution is -0.117. The average Bonchev–Trinajstić information content (AvgIpc) is 2.71. The molecule has 0 fully saturated rings. The first-order chi connectivity index (χ1) is 14.5. The van der Waals surface area contributed by atoms with Gasteiger partial charge in [0.1, 0.15) is 6.54 Å². The van der Waals surface area contributed by atoms with Crippen molar-refractivity contribution >= 4 is 38.4 Å². The number of carbonyl (C=O) groups excluding carboxylic acids is 1. The molecule has 0 bridgehead atoms. The third-order valence-corrected chi connectivity index (χ3v) is 6.55. The molecule has 3 rings (SSSR count). The number of hydrogen-bond donors (Lipinski definition) is 2. The molecule has 11 heteroatoms. The van der Waals surface area contributed by atoms with Crippen molar-refractivity contribution < 1.29 is 23.1 Å². The first-order valence-electron chi connectivity index (χ1n) is 9.08. The summed E-state index contributed by atoms with van der Waals surface area (Å²) in [6.07, 6.45) is 0. The fourth-order valence-electron chi connectivity index (χ4n) is 2.99. The van der Waals surface area contributed by atoms with E-state index in [1.165, 1.54) is 38.4 Å². The van der Waals surface area contributed by atoms with Crippen molar-refractivity contribution in [1.82, 2.24) is 14.1 Å². The van der Waals surface area contributed by atoms with E-state index in [2.05, 4.69) is 10.4 Å². The minimum atomic E-state index is -3.72. The van der Waals surface area contributed by atoms with Gasteiger partial charge < -0.3 is 10.4 Å². The summed E-state index contributed by atoms with van der Waals surface area (Å²) in [5, 5.41) is 16.0. The third kappa shape index (κ3) is 4.32. The number of benzene rings is 2. The number of fused-ring (bicyclic) bond motifs is 1. The lowest BCUT2D eigenvalue weighted by Crippen LogP contribution is -2.31. The molecular weight excluding hydrogens is 424 g/mol. The van der Waals surface area contributed by atoms with Gasteiger partial charge in [-0.1, -0.05) is 24.3 Å². The molecule has 0 aliphatic rings. The Morgan fingerprint density at radius 3 is 2.39 bits per heavy atom. The van der Waals surface area contributed by atoms with Gasteiger partial charge in [0.15, 0.2) is 5.69 Å². The second-order valence-electron chi connectivity index (χ2n) is 6.98. The summed E-state index contributed by atoms with van der Waals surface area (Å²) < 4.78 is 26.7. The van der Waals surface area contributed by atoms with Gasteiger partial charge in [-0.15, -0.1) is 0 Å². The molecule has 0 saturated heterocycles. The van der Waals surface area contributed by atoms with E-state index >= 15 is 0 Å². The molecule has 1 heterocycles. The Morgan fingerprint density at radius 2 is 1.77 bits per heavy atom. The molecule has 0 aliphatic heterocycles. The Balaban J connectivity index is 1.94. The number of carbonyl (C=O) groups is 2. The molecule has 2 aromatic carbocycles. The Labute approximate surface area is 177 Å². The maximum Gasteiger partial charge on any atom is 0.357 e. The maximum absolute atomic E-state index is 12.6. The number of nitrogens with zero attached hydrogens (tertiary/aromatic N) is 3. The highest BCUT2D eigenvalue weighted by molar-refractivity contribution is 7.89. The van der Waals surface area contributed by atoms with Crippen LogP contribution in [-0.2, 0) is 21.4 Å². The molecule has 10 nitrogen and oxygen atoms in total. The highest BCUT2D eigenvalue weighted by atomic mass is 32.2. The zero-order valence-corrected chi connectivity index (χ0v) is 17.8. The quantitative estimate of drug-likeness (QED) is 0.584.